The second-order valence-corrected chi connectivity index (χ2v) is 18.7. The van der Waals surface area contributed by atoms with E-state index < -0.39 is 105 Å². The predicted molar refractivity (Wildman–Crippen MR) is 239 cm³/mol. The molecule has 1 aliphatic heterocycles. The van der Waals surface area contributed by atoms with Gasteiger partial charge >= 0.3 is 13.8 Å². The first-order valence-corrected chi connectivity index (χ1v) is 24.0. The lowest BCUT2D eigenvalue weighted by Crippen LogP contribution is -2.52. The summed E-state index contributed by atoms with van der Waals surface area (Å²) in [5, 5.41) is 24.5. The number of primary amides is 1. The minimum atomic E-state index is -4.90. The fraction of sp³-hybridized carbons (Fsp3) is 0.644. The number of nitrogens with zero attached hydrogens (tertiary/aromatic N) is 3. The summed E-state index contributed by atoms with van der Waals surface area (Å²) >= 11 is 0. The lowest BCUT2D eigenvalue weighted by Gasteiger charge is -2.27. The molecular weight excluding hydrogens is 863 g/mol. The average molecular weight is 933 g/mol. The van der Waals surface area contributed by atoms with E-state index in [2.05, 4.69) is 32.3 Å². The molecule has 0 aliphatic carbocycles. The normalized spacial score (nSPS) is 17.1. The largest absolute Gasteiger partial charge is 0.481 e. The molecule has 1 unspecified atom stereocenters. The number of aliphatic hydroxyl groups excluding tert-OH is 1. The number of benzene rings is 1. The number of amides is 4. The summed E-state index contributed by atoms with van der Waals surface area (Å²) in [6.07, 6.45) is 8.51. The molecule has 4 amide bonds. The Kier molecular flexibility index (Phi) is 23.2. The lowest BCUT2D eigenvalue weighted by atomic mass is 9.89. The zero-order valence-electron chi connectivity index (χ0n) is 38.1. The van der Waals surface area contributed by atoms with Crippen molar-refractivity contribution in [2.75, 3.05) is 19.8 Å². The Morgan fingerprint density at radius 2 is 1.60 bits per heavy atom. The zero-order chi connectivity index (χ0) is 48.1. The number of likely N-dealkylation sites (tertiary alicyclic amines) is 1. The van der Waals surface area contributed by atoms with Gasteiger partial charge in [0.25, 0.3) is 0 Å². The van der Waals surface area contributed by atoms with E-state index in [9.17, 15) is 48.1 Å². The number of phosphoric ester groups is 1. The van der Waals surface area contributed by atoms with Crippen molar-refractivity contribution in [1.29, 1.82) is 0 Å². The number of imidazole rings is 1. The van der Waals surface area contributed by atoms with Crippen LogP contribution in [-0.4, -0.2) is 115 Å². The van der Waals surface area contributed by atoms with Gasteiger partial charge in [0.2, 0.25) is 23.6 Å². The number of hydrogen-bond acceptors (Lipinski definition) is 12. The van der Waals surface area contributed by atoms with Crippen LogP contribution in [0.25, 0.3) is 0 Å². The molecule has 0 bridgehead atoms. The number of carboxylic acids is 1. The van der Waals surface area contributed by atoms with Gasteiger partial charge in [0, 0.05) is 51.2 Å². The molecule has 2 aromatic rings. The monoisotopic (exact) mass is 932 g/mol. The van der Waals surface area contributed by atoms with Crippen LogP contribution in [0, 0.1) is 17.8 Å². The molecule has 2 heterocycles. The Morgan fingerprint density at radius 3 is 2.23 bits per heavy atom. The van der Waals surface area contributed by atoms with Crippen LogP contribution in [-0.2, 0) is 66.6 Å². The van der Waals surface area contributed by atoms with Crippen LogP contribution in [0.4, 0.5) is 0 Å². The Hall–Kier alpha value is -4.81. The third-order valence-corrected chi connectivity index (χ3v) is 12.6. The maximum absolute atomic E-state index is 14.2. The third kappa shape index (κ3) is 19.3. The van der Waals surface area contributed by atoms with Gasteiger partial charge in [-0.1, -0.05) is 69.9 Å². The number of unbranched alkanes of at least 4 members (excludes halogenated alkanes) is 5. The SMILES string of the molecule is CC(=O)N1CCC[C@H]1C(=O)N[C@@H](CC(C)C)C(=O)C[C@@H](Cc1cncn1CCCCCCCCc1ccccc1)C(=O)N[C@@H](CO)C(=O)C[C@H](C(N)=O)[C@@H](C)OP(=O)(O)OCCC(=O)O. The number of ketones is 2. The standard InChI is InChI=1S/C45H69N6O13P/c1-30(2)23-37(48-45(60)39-18-14-21-51(39)32(4)53)40(54)25-34(24-35-27-47-29-50(35)20-13-8-6-5-7-10-15-33-16-11-9-12-17-33)44(59)49-38(28-52)41(55)26-36(43(46)58)31(3)64-65(61,62)63-22-19-42(56)57/h9,11-12,16-17,27,29-31,34,36-39,52H,5-8,10,13-15,18-26,28H2,1-4H3,(H2,46,58)(H,48,60)(H,49,59)(H,56,57)(H,61,62)/t31-,34-,36+,37+,38+,39+/m1/s1. The number of rotatable bonds is 32. The zero-order valence-corrected chi connectivity index (χ0v) is 39.0. The van der Waals surface area contributed by atoms with Crippen molar-refractivity contribution < 1.29 is 62.3 Å². The molecule has 1 aromatic carbocycles. The third-order valence-electron chi connectivity index (χ3n) is 11.5. The van der Waals surface area contributed by atoms with Crippen molar-refractivity contribution in [3.05, 3.63) is 54.1 Å². The van der Waals surface area contributed by atoms with E-state index in [4.69, 9.17) is 15.4 Å². The lowest BCUT2D eigenvalue weighted by molar-refractivity contribution is -0.138. The van der Waals surface area contributed by atoms with Crippen molar-refractivity contribution in [2.45, 2.75) is 148 Å². The van der Waals surface area contributed by atoms with Gasteiger partial charge in [0.15, 0.2) is 11.6 Å². The molecule has 1 saturated heterocycles. The van der Waals surface area contributed by atoms with Gasteiger partial charge in [-0.3, -0.25) is 42.6 Å². The minimum Gasteiger partial charge on any atom is -0.481 e. The van der Waals surface area contributed by atoms with Crippen molar-refractivity contribution in [1.82, 2.24) is 25.1 Å². The Morgan fingerprint density at radius 1 is 0.938 bits per heavy atom. The number of Topliss-reactive ketones (excluding diaryl/α,β-unsaturated/α-hetero) is 2. The molecule has 65 heavy (non-hydrogen) atoms. The molecule has 19 nitrogen and oxygen atoms in total. The summed E-state index contributed by atoms with van der Waals surface area (Å²) in [6.45, 7) is 5.73. The Balaban J connectivity index is 1.77. The van der Waals surface area contributed by atoms with E-state index in [0.717, 1.165) is 44.9 Å². The van der Waals surface area contributed by atoms with Gasteiger partial charge in [-0.05, 0) is 56.9 Å². The number of nitrogens with one attached hydrogen (secondary N) is 2. The molecule has 0 radical (unpaired) electrons. The van der Waals surface area contributed by atoms with Crippen LogP contribution in [0.3, 0.4) is 0 Å². The van der Waals surface area contributed by atoms with Gasteiger partial charge in [0.05, 0.1) is 49.9 Å². The van der Waals surface area contributed by atoms with E-state index >= 15 is 0 Å². The number of carboxylic acid groups (broad SMARTS) is 1. The molecule has 1 aliphatic rings. The first-order chi connectivity index (χ1) is 30.8. The van der Waals surface area contributed by atoms with Gasteiger partial charge in [-0.2, -0.15) is 0 Å². The highest BCUT2D eigenvalue weighted by Crippen LogP contribution is 2.46. The van der Waals surface area contributed by atoms with Gasteiger partial charge in [-0.15, -0.1) is 0 Å². The number of aliphatic hydroxyl groups is 1. The molecule has 20 heteroatoms. The van der Waals surface area contributed by atoms with Crippen molar-refractivity contribution in [3.63, 3.8) is 0 Å². The number of nitrogens with two attached hydrogens (primary N) is 1. The number of hydrogen-bond donors (Lipinski definition) is 6. The van der Waals surface area contributed by atoms with E-state index in [1.54, 1.807) is 12.5 Å². The highest BCUT2D eigenvalue weighted by atomic mass is 31.2. The summed E-state index contributed by atoms with van der Waals surface area (Å²) in [6, 6.07) is 7.02. The molecule has 1 aromatic heterocycles. The molecule has 3 rings (SSSR count). The summed E-state index contributed by atoms with van der Waals surface area (Å²) in [7, 11) is -4.90. The number of phosphoric acid groups is 1. The topological polar surface area (TPSA) is 287 Å². The Bertz CT molecular complexity index is 1930. The van der Waals surface area contributed by atoms with Crippen molar-refractivity contribution >= 4 is 49.0 Å². The number of aromatic nitrogens is 2. The van der Waals surface area contributed by atoms with Crippen LogP contribution >= 0.6 is 7.82 Å². The number of carbonyl (C=O) groups excluding carboxylic acids is 6. The minimum absolute atomic E-state index is 0.00503. The predicted octanol–water partition coefficient (Wildman–Crippen LogP) is 3.66. The van der Waals surface area contributed by atoms with E-state index in [-0.39, 0.29) is 31.1 Å². The molecule has 7 atom stereocenters. The maximum atomic E-state index is 14.2. The second kappa shape index (κ2) is 27.6. The van der Waals surface area contributed by atoms with Crippen LogP contribution in [0.15, 0.2) is 42.9 Å². The van der Waals surface area contributed by atoms with E-state index in [1.807, 2.05) is 36.6 Å². The Labute approximate surface area is 381 Å². The second-order valence-electron chi connectivity index (χ2n) is 17.2. The maximum Gasteiger partial charge on any atom is 0.472 e. The fourth-order valence-corrected chi connectivity index (χ4v) is 8.89. The summed E-state index contributed by atoms with van der Waals surface area (Å²) in [5.74, 6) is -7.98. The first kappa shape index (κ1) is 54.5. The summed E-state index contributed by atoms with van der Waals surface area (Å²) < 4.78 is 23.9. The average Bonchev–Trinajstić information content (AvgIpc) is 3.92. The molecule has 0 spiro atoms. The van der Waals surface area contributed by atoms with Gasteiger partial charge < -0.3 is 40.9 Å². The van der Waals surface area contributed by atoms with Crippen LogP contribution in [0.2, 0.25) is 0 Å². The molecule has 7 N–H and O–H groups in total. The number of carbonyl (C=O) groups is 7. The summed E-state index contributed by atoms with van der Waals surface area (Å²) in [4.78, 5) is 107. The quantitative estimate of drug-likeness (QED) is 0.0451. The van der Waals surface area contributed by atoms with Crippen molar-refractivity contribution in [3.8, 4) is 0 Å². The molecular formula is C45H69N6O13P. The number of aliphatic carboxylic acids is 1. The molecule has 1 fully saturated rings. The van der Waals surface area contributed by atoms with Crippen molar-refractivity contribution in [2.24, 2.45) is 23.5 Å². The molecule has 362 valence electrons. The summed E-state index contributed by atoms with van der Waals surface area (Å²) in [5.41, 5.74) is 7.49. The highest BCUT2D eigenvalue weighted by molar-refractivity contribution is 7.47. The number of aryl methyl sites for hydroxylation is 2. The van der Waals surface area contributed by atoms with E-state index in [0.29, 0.717) is 31.6 Å². The van der Waals surface area contributed by atoms with Crippen LogP contribution < -0.4 is 16.4 Å². The van der Waals surface area contributed by atoms with E-state index in [1.165, 1.54) is 24.3 Å². The smallest absolute Gasteiger partial charge is 0.472 e. The van der Waals surface area contributed by atoms with Crippen LogP contribution in [0.1, 0.15) is 116 Å². The van der Waals surface area contributed by atoms with Gasteiger partial charge in [-0.25, -0.2) is 9.55 Å². The van der Waals surface area contributed by atoms with Gasteiger partial charge in [0.1, 0.15) is 12.1 Å². The first-order valence-electron chi connectivity index (χ1n) is 22.6. The highest BCUT2D eigenvalue weighted by Gasteiger charge is 2.38. The molecule has 0 saturated carbocycles. The fourth-order valence-electron chi connectivity index (χ4n) is 7.94. The van der Waals surface area contributed by atoms with Crippen LogP contribution in [0.5, 0.6) is 0 Å².